The maximum absolute atomic E-state index is 11.7. The molecule has 0 aromatic carbocycles. The predicted octanol–water partition coefficient (Wildman–Crippen LogP) is 0.261. The molecule has 2 aromatic heterocycles. The van der Waals surface area contributed by atoms with Gasteiger partial charge in [-0.2, -0.15) is 5.10 Å². The highest BCUT2D eigenvalue weighted by atomic mass is 16.5. The van der Waals surface area contributed by atoms with Gasteiger partial charge in [0.25, 0.3) is 0 Å². The number of esters is 1. The third-order valence-corrected chi connectivity index (χ3v) is 2.92. The molecule has 0 saturated carbocycles. The van der Waals surface area contributed by atoms with Gasteiger partial charge in [-0.05, 0) is 6.42 Å². The molecule has 0 atom stereocenters. The predicted molar refractivity (Wildman–Crippen MR) is 71.5 cm³/mol. The zero-order valence-corrected chi connectivity index (χ0v) is 12.3. The Balaban J connectivity index is 2.29. The Hall–Kier alpha value is -2.29. The van der Waals surface area contributed by atoms with Crippen molar-refractivity contribution in [1.82, 2.24) is 29.8 Å². The summed E-state index contributed by atoms with van der Waals surface area (Å²) < 4.78 is 13.2. The minimum Gasteiger partial charge on any atom is -0.464 e. The maximum atomic E-state index is 11.7. The Bertz CT molecular complexity index is 606. The Labute approximate surface area is 121 Å². The molecule has 2 heterocycles. The van der Waals surface area contributed by atoms with Crippen LogP contribution in [0.1, 0.15) is 35.4 Å². The summed E-state index contributed by atoms with van der Waals surface area (Å²) in [7, 11) is 2.84. The largest absolute Gasteiger partial charge is 0.464 e. The number of ether oxygens (including phenoxy) is 2. The highest BCUT2D eigenvalue weighted by Crippen LogP contribution is 2.10. The van der Waals surface area contributed by atoms with Crippen molar-refractivity contribution in [3.63, 3.8) is 0 Å². The van der Waals surface area contributed by atoms with Crippen LogP contribution in [0.5, 0.6) is 0 Å². The van der Waals surface area contributed by atoms with Gasteiger partial charge in [0.1, 0.15) is 18.7 Å². The summed E-state index contributed by atoms with van der Waals surface area (Å²) in [6.45, 7) is 3.40. The number of nitrogens with zero attached hydrogens (tertiary/aromatic N) is 6. The molecule has 0 aliphatic heterocycles. The fourth-order valence-corrected chi connectivity index (χ4v) is 1.94. The summed E-state index contributed by atoms with van der Waals surface area (Å²) >= 11 is 0. The Kier molecular flexibility index (Phi) is 4.99. The number of carbonyl (C=O) groups excluding carboxylic acids is 1. The molecule has 9 heteroatoms. The van der Waals surface area contributed by atoms with E-state index in [9.17, 15) is 4.79 Å². The summed E-state index contributed by atoms with van der Waals surface area (Å²) in [5, 5.41) is 12.0. The van der Waals surface area contributed by atoms with E-state index in [0.717, 1.165) is 18.8 Å². The third kappa shape index (κ3) is 3.24. The van der Waals surface area contributed by atoms with E-state index in [4.69, 9.17) is 9.47 Å². The molecule has 0 N–H and O–H groups in total. The molecule has 2 rings (SSSR count). The van der Waals surface area contributed by atoms with Crippen LogP contribution in [0.4, 0.5) is 0 Å². The lowest BCUT2D eigenvalue weighted by atomic mass is 10.3. The zero-order chi connectivity index (χ0) is 15.2. The standard InChI is InChI=1S/C12H18N6O3/c1-4-5-17-10(13-8-14-17)6-18-9(7-20-2)11(15-16-18)12(19)21-3/h8H,4-7H2,1-3H3. The number of hydrogen-bond donors (Lipinski definition) is 0. The SMILES string of the molecule is CCCn1ncnc1Cn1nnc(C(=O)OC)c1COC. The van der Waals surface area contributed by atoms with Crippen LogP contribution >= 0.6 is 0 Å². The smallest absolute Gasteiger partial charge is 0.360 e. The van der Waals surface area contributed by atoms with Crippen molar-refractivity contribution in [2.45, 2.75) is 33.0 Å². The van der Waals surface area contributed by atoms with Crippen LogP contribution in [0, 0.1) is 0 Å². The number of aryl methyl sites for hydroxylation is 1. The van der Waals surface area contributed by atoms with Gasteiger partial charge in [0, 0.05) is 13.7 Å². The lowest BCUT2D eigenvalue weighted by molar-refractivity contribution is 0.0588. The summed E-state index contributed by atoms with van der Waals surface area (Å²) in [5.74, 6) is 0.207. The molecule has 0 fully saturated rings. The van der Waals surface area contributed by atoms with Gasteiger partial charge in [0.15, 0.2) is 5.69 Å². The normalized spacial score (nSPS) is 10.8. The second-order valence-corrected chi connectivity index (χ2v) is 4.37. The van der Waals surface area contributed by atoms with Gasteiger partial charge in [0.05, 0.1) is 19.4 Å². The molecule has 0 bridgehead atoms. The minimum atomic E-state index is -0.539. The lowest BCUT2D eigenvalue weighted by Gasteiger charge is -2.07. The molecular formula is C12H18N6O3. The van der Waals surface area contributed by atoms with Crippen LogP contribution in [0.3, 0.4) is 0 Å². The zero-order valence-electron chi connectivity index (χ0n) is 12.3. The van der Waals surface area contributed by atoms with Crippen LogP contribution < -0.4 is 0 Å². The number of rotatable bonds is 7. The van der Waals surface area contributed by atoms with E-state index in [2.05, 4.69) is 27.3 Å². The lowest BCUT2D eigenvalue weighted by Crippen LogP contribution is -2.15. The van der Waals surface area contributed by atoms with Crippen molar-refractivity contribution < 1.29 is 14.3 Å². The van der Waals surface area contributed by atoms with Gasteiger partial charge in [0.2, 0.25) is 0 Å². The first kappa shape index (κ1) is 15.1. The van der Waals surface area contributed by atoms with Crippen LogP contribution in [0.25, 0.3) is 0 Å². The van der Waals surface area contributed by atoms with E-state index in [1.54, 1.807) is 9.36 Å². The molecule has 0 aliphatic rings. The molecule has 9 nitrogen and oxygen atoms in total. The Morgan fingerprint density at radius 1 is 1.33 bits per heavy atom. The van der Waals surface area contributed by atoms with Gasteiger partial charge in [-0.15, -0.1) is 5.10 Å². The van der Waals surface area contributed by atoms with E-state index in [-0.39, 0.29) is 12.3 Å². The quantitative estimate of drug-likeness (QED) is 0.676. The van der Waals surface area contributed by atoms with E-state index < -0.39 is 5.97 Å². The fourth-order valence-electron chi connectivity index (χ4n) is 1.94. The number of carbonyl (C=O) groups is 1. The second kappa shape index (κ2) is 6.93. The molecule has 0 aliphatic carbocycles. The van der Waals surface area contributed by atoms with Crippen molar-refractivity contribution in [1.29, 1.82) is 0 Å². The summed E-state index contributed by atoms with van der Waals surface area (Å²) in [6, 6.07) is 0. The van der Waals surface area contributed by atoms with Crippen molar-refractivity contribution in [2.24, 2.45) is 0 Å². The maximum Gasteiger partial charge on any atom is 0.360 e. The van der Waals surface area contributed by atoms with E-state index in [1.807, 2.05) is 0 Å². The van der Waals surface area contributed by atoms with Gasteiger partial charge < -0.3 is 9.47 Å². The molecule has 21 heavy (non-hydrogen) atoms. The van der Waals surface area contributed by atoms with Crippen LogP contribution in [-0.4, -0.2) is 49.9 Å². The summed E-state index contributed by atoms with van der Waals surface area (Å²) in [4.78, 5) is 15.9. The summed E-state index contributed by atoms with van der Waals surface area (Å²) in [5.41, 5.74) is 0.705. The molecule has 114 valence electrons. The highest BCUT2D eigenvalue weighted by molar-refractivity contribution is 5.88. The van der Waals surface area contributed by atoms with Crippen molar-refractivity contribution in [3.8, 4) is 0 Å². The molecule has 0 spiro atoms. The molecule has 0 radical (unpaired) electrons. The molecular weight excluding hydrogens is 276 g/mol. The Morgan fingerprint density at radius 3 is 2.81 bits per heavy atom. The van der Waals surface area contributed by atoms with Crippen LogP contribution in [-0.2, 0) is 29.2 Å². The minimum absolute atomic E-state index is 0.154. The number of aromatic nitrogens is 6. The van der Waals surface area contributed by atoms with Gasteiger partial charge in [-0.1, -0.05) is 12.1 Å². The van der Waals surface area contributed by atoms with Gasteiger partial charge in [-0.3, -0.25) is 0 Å². The molecule has 0 amide bonds. The average Bonchev–Trinajstić information content (AvgIpc) is 3.08. The highest BCUT2D eigenvalue weighted by Gasteiger charge is 2.21. The topological polar surface area (TPSA) is 97.0 Å². The van der Waals surface area contributed by atoms with E-state index in [0.29, 0.717) is 12.2 Å². The first-order chi connectivity index (χ1) is 10.2. The first-order valence-corrected chi connectivity index (χ1v) is 6.57. The van der Waals surface area contributed by atoms with Crippen molar-refractivity contribution >= 4 is 5.97 Å². The molecule has 0 saturated heterocycles. The number of methoxy groups -OCH3 is 2. The van der Waals surface area contributed by atoms with Crippen LogP contribution in [0.2, 0.25) is 0 Å². The van der Waals surface area contributed by atoms with Crippen LogP contribution in [0.15, 0.2) is 6.33 Å². The molecule has 0 unspecified atom stereocenters. The fraction of sp³-hybridized carbons (Fsp3) is 0.583. The van der Waals surface area contributed by atoms with Gasteiger partial charge in [-0.25, -0.2) is 19.1 Å². The average molecular weight is 294 g/mol. The Morgan fingerprint density at radius 2 is 2.14 bits per heavy atom. The van der Waals surface area contributed by atoms with E-state index >= 15 is 0 Å². The first-order valence-electron chi connectivity index (χ1n) is 6.57. The third-order valence-electron chi connectivity index (χ3n) is 2.92. The second-order valence-electron chi connectivity index (χ2n) is 4.37. The number of hydrogen-bond acceptors (Lipinski definition) is 7. The monoisotopic (exact) mass is 294 g/mol. The van der Waals surface area contributed by atoms with Crippen molar-refractivity contribution in [3.05, 3.63) is 23.5 Å². The van der Waals surface area contributed by atoms with Crippen molar-refractivity contribution in [2.75, 3.05) is 14.2 Å². The summed E-state index contributed by atoms with van der Waals surface area (Å²) in [6.07, 6.45) is 2.45. The molecule has 2 aromatic rings. The van der Waals surface area contributed by atoms with Gasteiger partial charge >= 0.3 is 5.97 Å². The van der Waals surface area contributed by atoms with E-state index in [1.165, 1.54) is 20.5 Å².